The van der Waals surface area contributed by atoms with E-state index in [0.29, 0.717) is 30.8 Å². The zero-order chi connectivity index (χ0) is 55.6. The Morgan fingerprint density at radius 3 is 0.974 bits per heavy atom. The molecule has 2 N–H and O–H groups in total. The first kappa shape index (κ1) is 62.5. The van der Waals surface area contributed by atoms with Crippen LogP contribution in [0.3, 0.4) is 0 Å². The molecule has 3 heterocycles. The number of aromatic hydroxyl groups is 2. The summed E-state index contributed by atoms with van der Waals surface area (Å²) in [6.07, 6.45) is 13.6. The van der Waals surface area contributed by atoms with E-state index >= 15 is 0 Å². The van der Waals surface area contributed by atoms with E-state index in [0.717, 1.165) is 152 Å². The minimum atomic E-state index is 0.207. The van der Waals surface area contributed by atoms with Gasteiger partial charge in [0.2, 0.25) is 17.7 Å². The van der Waals surface area contributed by atoms with Crippen molar-refractivity contribution in [3.63, 3.8) is 0 Å². The van der Waals surface area contributed by atoms with Crippen LogP contribution in [0.15, 0.2) is 109 Å². The Kier molecular flexibility index (Phi) is 25.6. The molecule has 0 aromatic heterocycles. The van der Waals surface area contributed by atoms with Gasteiger partial charge in [0.15, 0.2) is 17.2 Å². The Balaban J connectivity index is 0.000000170. The smallest absolute Gasteiger partial charge is 0.226 e. The molecule has 9 rings (SSSR count). The Labute approximate surface area is 540 Å². The zero-order valence-electron chi connectivity index (χ0n) is 43.4. The van der Waals surface area contributed by atoms with Gasteiger partial charge in [0.25, 0.3) is 0 Å². The van der Waals surface area contributed by atoms with Crippen molar-refractivity contribution in [3.05, 3.63) is 147 Å². The second kappa shape index (κ2) is 31.9. The number of amides is 3. The number of halogens is 6. The minimum absolute atomic E-state index is 0.207. The number of rotatable bonds is 15. The van der Waals surface area contributed by atoms with Crippen LogP contribution < -0.4 is 18.9 Å². The molecule has 0 unspecified atom stereocenters. The van der Waals surface area contributed by atoms with Gasteiger partial charge in [-0.1, -0.05) is 0 Å². The zero-order valence-corrected chi connectivity index (χ0v) is 56.3. The lowest BCUT2D eigenvalue weighted by molar-refractivity contribution is -0.132. The molecule has 0 bridgehead atoms. The maximum Gasteiger partial charge on any atom is 0.226 e. The van der Waals surface area contributed by atoms with Gasteiger partial charge >= 0.3 is 0 Å². The van der Waals surface area contributed by atoms with E-state index in [1.165, 1.54) is 24.8 Å². The lowest BCUT2D eigenvalue weighted by Crippen LogP contribution is -2.36. The summed E-state index contributed by atoms with van der Waals surface area (Å²) >= 11 is 13.6. The summed E-state index contributed by atoms with van der Waals surface area (Å²) in [7, 11) is 1.65. The average Bonchev–Trinajstić information content (AvgIpc) is 3.45. The lowest BCUT2D eigenvalue weighted by Gasteiger charge is -2.26. The number of nitrogens with zero attached hydrogens (tertiary/aromatic N) is 3. The van der Waals surface area contributed by atoms with Gasteiger partial charge in [-0.15, -0.1) is 0 Å². The monoisotopic (exact) mass is 1730 g/mol. The maximum absolute atomic E-state index is 12.5. The first-order valence-electron chi connectivity index (χ1n) is 26.1. The second-order valence-corrected chi connectivity index (χ2v) is 26.1. The predicted molar refractivity (Wildman–Crippen MR) is 357 cm³/mol. The van der Waals surface area contributed by atoms with E-state index in [9.17, 15) is 24.6 Å². The van der Waals surface area contributed by atoms with Crippen molar-refractivity contribution < 1.29 is 43.5 Å². The lowest BCUT2D eigenvalue weighted by atomic mass is 10.1. The molecule has 3 saturated heterocycles. The molecule has 0 atom stereocenters. The predicted octanol–water partition coefficient (Wildman–Crippen LogP) is 15.9. The second-order valence-electron chi connectivity index (χ2n) is 19.1. The summed E-state index contributed by atoms with van der Waals surface area (Å²) in [6, 6.07) is 33.4. The Hall–Kier alpha value is -3.09. The van der Waals surface area contributed by atoms with Gasteiger partial charge in [-0.05, 0) is 332 Å². The molecule has 414 valence electrons. The summed E-state index contributed by atoms with van der Waals surface area (Å²) in [5.41, 5.74) is 3.35. The average molecular weight is 1730 g/mol. The van der Waals surface area contributed by atoms with Crippen LogP contribution in [0.1, 0.15) is 87.3 Å². The fourth-order valence-corrected chi connectivity index (χ4v) is 15.4. The number of piperidine rings is 3. The summed E-state index contributed by atoms with van der Waals surface area (Å²) in [4.78, 5) is 43.2. The maximum atomic E-state index is 12.5. The highest BCUT2D eigenvalue weighted by Gasteiger charge is 2.21. The number of carbonyl (C=O) groups is 3. The normalized spacial score (nSPS) is 14.3. The number of likely N-dealkylation sites (tertiary alicyclic amines) is 3. The number of benzene rings is 6. The molecule has 6 aromatic rings. The SMILES string of the molecule is COc1ccc(Oc2c(I)cc(CCC(=O)N3CCCCC3)cc2I)cc1.O=C(CCc1cc(I)c(Oc2ccc(O)cc2)c(I)c1)N1CCCCC1.O=C(Cc1cc(I)c(Oc2ccc(O)cc2)c(I)c1)N1CCCCC1. The first-order chi connectivity index (χ1) is 37.6. The molecular formula is C60H63I6N3O9. The number of methoxy groups -OCH3 is 1. The first-order valence-corrected chi connectivity index (χ1v) is 32.6. The topological polar surface area (TPSA) is 138 Å². The van der Waals surface area contributed by atoms with Crippen molar-refractivity contribution in [1.82, 2.24) is 14.7 Å². The third-order valence-electron chi connectivity index (χ3n) is 13.3. The van der Waals surface area contributed by atoms with E-state index in [1.807, 2.05) is 51.1 Å². The summed E-state index contributed by atoms with van der Waals surface area (Å²) in [5.74, 6) is 6.56. The number of phenolic OH excluding ortho intramolecular Hbond substituents is 2. The summed E-state index contributed by atoms with van der Waals surface area (Å²) in [6.45, 7) is 5.43. The van der Waals surface area contributed by atoms with E-state index < -0.39 is 0 Å². The fourth-order valence-electron chi connectivity index (χ4n) is 9.08. The van der Waals surface area contributed by atoms with Crippen LogP contribution in [-0.4, -0.2) is 89.0 Å². The van der Waals surface area contributed by atoms with E-state index in [-0.39, 0.29) is 29.2 Å². The highest BCUT2D eigenvalue weighted by atomic mass is 127. The van der Waals surface area contributed by atoms with Crippen LogP contribution in [0.4, 0.5) is 0 Å². The largest absolute Gasteiger partial charge is 0.508 e. The van der Waals surface area contributed by atoms with Gasteiger partial charge < -0.3 is 43.9 Å². The number of ether oxygens (including phenoxy) is 4. The quantitative estimate of drug-likeness (QED) is 0.0962. The van der Waals surface area contributed by atoms with Gasteiger partial charge in [-0.2, -0.15) is 0 Å². The molecule has 12 nitrogen and oxygen atoms in total. The summed E-state index contributed by atoms with van der Waals surface area (Å²) < 4.78 is 29.3. The van der Waals surface area contributed by atoms with Crippen molar-refractivity contribution in [2.45, 2.75) is 89.9 Å². The number of carbonyl (C=O) groups excluding carboxylic acids is 3. The van der Waals surface area contributed by atoms with E-state index in [2.05, 4.69) is 160 Å². The Bertz CT molecular complexity index is 2880. The molecule has 3 aliphatic heterocycles. The number of phenols is 2. The molecule has 0 saturated carbocycles. The number of hydrogen-bond acceptors (Lipinski definition) is 9. The highest BCUT2D eigenvalue weighted by molar-refractivity contribution is 14.1. The van der Waals surface area contributed by atoms with Crippen LogP contribution in [0, 0.1) is 21.4 Å². The fraction of sp³-hybridized carbons (Fsp3) is 0.350. The van der Waals surface area contributed by atoms with Crippen molar-refractivity contribution in [3.8, 4) is 51.7 Å². The van der Waals surface area contributed by atoms with Gasteiger partial charge in [0.1, 0.15) is 34.5 Å². The molecule has 0 radical (unpaired) electrons. The molecule has 3 amide bonds. The number of aryl methyl sites for hydroxylation is 2. The van der Waals surface area contributed by atoms with Crippen LogP contribution in [0.5, 0.6) is 51.7 Å². The van der Waals surface area contributed by atoms with Crippen LogP contribution in [0.25, 0.3) is 0 Å². The van der Waals surface area contributed by atoms with Crippen LogP contribution in [0.2, 0.25) is 0 Å². The van der Waals surface area contributed by atoms with Gasteiger partial charge in [0, 0.05) is 52.1 Å². The number of hydrogen-bond donors (Lipinski definition) is 2. The van der Waals surface area contributed by atoms with Gasteiger partial charge in [0.05, 0.1) is 35.0 Å². The Morgan fingerprint density at radius 2 is 0.667 bits per heavy atom. The van der Waals surface area contributed by atoms with Crippen molar-refractivity contribution in [2.75, 3.05) is 46.4 Å². The third kappa shape index (κ3) is 19.5. The third-order valence-corrected chi connectivity index (χ3v) is 18.1. The van der Waals surface area contributed by atoms with Crippen molar-refractivity contribution >= 4 is 153 Å². The van der Waals surface area contributed by atoms with Gasteiger partial charge in [-0.25, -0.2) is 0 Å². The van der Waals surface area contributed by atoms with Crippen LogP contribution >= 0.6 is 136 Å². The van der Waals surface area contributed by atoms with Gasteiger partial charge in [-0.3, -0.25) is 14.4 Å². The molecular weight excluding hydrogens is 1670 g/mol. The molecule has 78 heavy (non-hydrogen) atoms. The molecule has 3 fully saturated rings. The van der Waals surface area contributed by atoms with E-state index in [4.69, 9.17) is 18.9 Å². The van der Waals surface area contributed by atoms with Crippen molar-refractivity contribution in [1.29, 1.82) is 0 Å². The highest BCUT2D eigenvalue weighted by Crippen LogP contribution is 2.37. The standard InChI is InChI=1S/C21H23I2NO3.C20H21I2NO3.C19H19I2NO3/c1-26-16-6-8-17(9-7-16)27-21-18(22)13-15(14-19(21)23)5-10-20(25)24-11-3-2-4-12-24;21-17-12-14(4-9-19(25)23-10-2-1-3-11-23)13-18(22)20(17)26-16-7-5-15(24)6-8-16;20-16-10-13(12-18(24)22-8-2-1-3-9-22)11-17(21)19(16)25-15-6-4-14(23)5-7-15/h6-9,13-14H,2-5,10-12H2,1H3;5-8,12-13,24H,1-4,9-11H2;4-7,10-11,23H,1-3,8-9,12H2. The summed E-state index contributed by atoms with van der Waals surface area (Å²) in [5, 5.41) is 18.7. The van der Waals surface area contributed by atoms with Crippen LogP contribution in [-0.2, 0) is 33.6 Å². The Morgan fingerprint density at radius 1 is 0.397 bits per heavy atom. The minimum Gasteiger partial charge on any atom is -0.508 e. The molecule has 3 aliphatic rings. The molecule has 0 aliphatic carbocycles. The van der Waals surface area contributed by atoms with E-state index in [1.54, 1.807) is 55.6 Å². The molecule has 6 aromatic carbocycles. The van der Waals surface area contributed by atoms with Crippen molar-refractivity contribution in [2.24, 2.45) is 0 Å². The molecule has 18 heteroatoms. The molecule has 0 spiro atoms.